The van der Waals surface area contributed by atoms with Crippen LogP contribution in [0.2, 0.25) is 0 Å². The van der Waals surface area contributed by atoms with E-state index in [1.807, 2.05) is 23.1 Å². The van der Waals surface area contributed by atoms with Crippen LogP contribution >= 0.6 is 11.3 Å². The summed E-state index contributed by atoms with van der Waals surface area (Å²) < 4.78 is 1.94. The number of hydrogen-bond acceptors (Lipinski definition) is 5. The van der Waals surface area contributed by atoms with Gasteiger partial charge in [0.05, 0.1) is 12.2 Å². The Labute approximate surface area is 146 Å². The SMILES string of the molecule is CC(C)c1nccn1C(C)C(=O)NCc1csc(N2CCCC2)n1. The zero-order valence-electron chi connectivity index (χ0n) is 14.5. The first kappa shape index (κ1) is 17.0. The van der Waals surface area contributed by atoms with Crippen LogP contribution in [-0.2, 0) is 11.3 Å². The molecule has 0 aliphatic carbocycles. The van der Waals surface area contributed by atoms with Crippen LogP contribution in [0.5, 0.6) is 0 Å². The largest absolute Gasteiger partial charge is 0.349 e. The third-order valence-electron chi connectivity index (χ3n) is 4.37. The maximum Gasteiger partial charge on any atom is 0.243 e. The van der Waals surface area contributed by atoms with E-state index >= 15 is 0 Å². The van der Waals surface area contributed by atoms with Gasteiger partial charge < -0.3 is 14.8 Å². The van der Waals surface area contributed by atoms with Crippen LogP contribution in [0.15, 0.2) is 17.8 Å². The smallest absolute Gasteiger partial charge is 0.243 e. The van der Waals surface area contributed by atoms with Gasteiger partial charge in [-0.05, 0) is 19.8 Å². The number of rotatable bonds is 6. The maximum atomic E-state index is 12.5. The molecular formula is C17H25N5OS. The van der Waals surface area contributed by atoms with Gasteiger partial charge >= 0.3 is 0 Å². The molecule has 1 amide bonds. The van der Waals surface area contributed by atoms with Crippen molar-refractivity contribution in [1.29, 1.82) is 0 Å². The number of nitrogens with zero attached hydrogens (tertiary/aromatic N) is 4. The lowest BCUT2D eigenvalue weighted by molar-refractivity contribution is -0.124. The Balaban J connectivity index is 1.58. The second-order valence-electron chi connectivity index (χ2n) is 6.56. The van der Waals surface area contributed by atoms with Gasteiger partial charge in [0.25, 0.3) is 0 Å². The highest BCUT2D eigenvalue weighted by Gasteiger charge is 2.20. The molecule has 0 aromatic carbocycles. The van der Waals surface area contributed by atoms with E-state index in [9.17, 15) is 4.79 Å². The van der Waals surface area contributed by atoms with Gasteiger partial charge in [0, 0.05) is 36.8 Å². The Kier molecular flexibility index (Phi) is 5.18. The molecule has 1 fully saturated rings. The minimum absolute atomic E-state index is 0.00868. The summed E-state index contributed by atoms with van der Waals surface area (Å²) in [4.78, 5) is 23.8. The van der Waals surface area contributed by atoms with Crippen molar-refractivity contribution in [2.24, 2.45) is 0 Å². The molecule has 0 saturated carbocycles. The summed E-state index contributed by atoms with van der Waals surface area (Å²) in [6.45, 7) is 8.72. The van der Waals surface area contributed by atoms with Crippen LogP contribution in [-0.4, -0.2) is 33.5 Å². The van der Waals surface area contributed by atoms with E-state index in [-0.39, 0.29) is 17.9 Å². The van der Waals surface area contributed by atoms with E-state index in [0.717, 1.165) is 29.7 Å². The number of thiazole rings is 1. The van der Waals surface area contributed by atoms with Gasteiger partial charge in [-0.15, -0.1) is 11.3 Å². The molecule has 2 aromatic rings. The highest BCUT2D eigenvalue weighted by molar-refractivity contribution is 7.13. The predicted molar refractivity (Wildman–Crippen MR) is 96.4 cm³/mol. The fourth-order valence-corrected chi connectivity index (χ4v) is 3.86. The van der Waals surface area contributed by atoms with Crippen molar-refractivity contribution >= 4 is 22.4 Å². The molecule has 1 saturated heterocycles. The number of anilines is 1. The lowest BCUT2D eigenvalue weighted by atomic mass is 10.2. The molecule has 1 N–H and O–H groups in total. The summed E-state index contributed by atoms with van der Waals surface area (Å²) in [5.74, 6) is 1.21. The average Bonchev–Trinajstić information content (AvgIpc) is 3.32. The van der Waals surface area contributed by atoms with Crippen LogP contribution in [0.3, 0.4) is 0 Å². The summed E-state index contributed by atoms with van der Waals surface area (Å²) in [7, 11) is 0. The van der Waals surface area contributed by atoms with Crippen LogP contribution in [0.1, 0.15) is 57.1 Å². The first-order chi connectivity index (χ1) is 11.6. The molecule has 3 heterocycles. The summed E-state index contributed by atoms with van der Waals surface area (Å²) in [5, 5.41) is 6.10. The van der Waals surface area contributed by atoms with E-state index in [0.29, 0.717) is 6.54 Å². The molecule has 130 valence electrons. The molecule has 1 aliphatic rings. The average molecular weight is 347 g/mol. The number of carbonyl (C=O) groups excluding carboxylic acids is 1. The van der Waals surface area contributed by atoms with E-state index in [1.165, 1.54) is 12.8 Å². The summed E-state index contributed by atoms with van der Waals surface area (Å²) >= 11 is 1.66. The van der Waals surface area contributed by atoms with Crippen LogP contribution in [0.25, 0.3) is 0 Å². The van der Waals surface area contributed by atoms with Crippen LogP contribution in [0.4, 0.5) is 5.13 Å². The van der Waals surface area contributed by atoms with Gasteiger partial charge in [0.1, 0.15) is 11.9 Å². The fraction of sp³-hybridized carbons (Fsp3) is 0.588. The zero-order valence-corrected chi connectivity index (χ0v) is 15.3. The standard InChI is InChI=1S/C17H25N5OS/c1-12(2)15-18-6-9-22(15)13(3)16(23)19-10-14-11-24-17(20-14)21-7-4-5-8-21/h6,9,11-13H,4-5,7-8,10H2,1-3H3,(H,19,23). The summed E-state index contributed by atoms with van der Waals surface area (Å²) in [5.41, 5.74) is 0.928. The normalized spacial score (nSPS) is 15.9. The molecule has 7 heteroatoms. The zero-order chi connectivity index (χ0) is 17.1. The molecule has 6 nitrogen and oxygen atoms in total. The third-order valence-corrected chi connectivity index (χ3v) is 5.32. The number of nitrogens with one attached hydrogen (secondary N) is 1. The van der Waals surface area contributed by atoms with Crippen molar-refractivity contribution in [2.45, 2.75) is 52.1 Å². The third kappa shape index (κ3) is 3.61. The van der Waals surface area contributed by atoms with E-state index < -0.39 is 0 Å². The molecule has 1 atom stereocenters. The summed E-state index contributed by atoms with van der Waals surface area (Å²) in [6, 6.07) is -0.276. The van der Waals surface area contributed by atoms with Gasteiger partial charge in [-0.2, -0.15) is 0 Å². The molecule has 24 heavy (non-hydrogen) atoms. The number of aromatic nitrogens is 3. The van der Waals surface area contributed by atoms with Crippen molar-refractivity contribution < 1.29 is 4.79 Å². The first-order valence-electron chi connectivity index (χ1n) is 8.56. The molecule has 1 aliphatic heterocycles. The topological polar surface area (TPSA) is 63.1 Å². The van der Waals surface area contributed by atoms with Crippen molar-refractivity contribution in [3.8, 4) is 0 Å². The monoisotopic (exact) mass is 347 g/mol. The van der Waals surface area contributed by atoms with Crippen molar-refractivity contribution in [3.05, 3.63) is 29.3 Å². The Morgan fingerprint density at radius 3 is 2.79 bits per heavy atom. The molecule has 2 aromatic heterocycles. The lowest BCUT2D eigenvalue weighted by Crippen LogP contribution is -2.31. The number of amides is 1. The highest BCUT2D eigenvalue weighted by atomic mass is 32.1. The van der Waals surface area contributed by atoms with Gasteiger partial charge in [0.15, 0.2) is 5.13 Å². The van der Waals surface area contributed by atoms with Crippen molar-refractivity contribution in [3.63, 3.8) is 0 Å². The second-order valence-corrected chi connectivity index (χ2v) is 7.39. The number of imidazole rings is 1. The minimum atomic E-state index is -0.276. The van der Waals surface area contributed by atoms with Gasteiger partial charge in [-0.3, -0.25) is 4.79 Å². The van der Waals surface area contributed by atoms with Crippen molar-refractivity contribution in [2.75, 3.05) is 18.0 Å². The Morgan fingerprint density at radius 2 is 2.08 bits per heavy atom. The maximum absolute atomic E-state index is 12.5. The van der Waals surface area contributed by atoms with Crippen molar-refractivity contribution in [1.82, 2.24) is 19.9 Å². The molecule has 1 unspecified atom stereocenters. The Morgan fingerprint density at radius 1 is 1.33 bits per heavy atom. The molecule has 0 spiro atoms. The van der Waals surface area contributed by atoms with E-state index in [1.54, 1.807) is 17.5 Å². The lowest BCUT2D eigenvalue weighted by Gasteiger charge is -2.17. The van der Waals surface area contributed by atoms with Gasteiger partial charge in [0.2, 0.25) is 5.91 Å². The first-order valence-corrected chi connectivity index (χ1v) is 9.44. The molecule has 0 bridgehead atoms. The number of carbonyl (C=O) groups is 1. The predicted octanol–water partition coefficient (Wildman–Crippen LogP) is 2.94. The second kappa shape index (κ2) is 7.34. The van der Waals surface area contributed by atoms with E-state index in [4.69, 9.17) is 0 Å². The highest BCUT2D eigenvalue weighted by Crippen LogP contribution is 2.24. The van der Waals surface area contributed by atoms with Gasteiger partial charge in [-0.25, -0.2) is 9.97 Å². The van der Waals surface area contributed by atoms with E-state index in [2.05, 4.69) is 34.0 Å². The summed E-state index contributed by atoms with van der Waals surface area (Å²) in [6.07, 6.45) is 6.11. The van der Waals surface area contributed by atoms with Crippen LogP contribution < -0.4 is 10.2 Å². The van der Waals surface area contributed by atoms with Gasteiger partial charge in [-0.1, -0.05) is 13.8 Å². The fourth-order valence-electron chi connectivity index (χ4n) is 2.98. The van der Waals surface area contributed by atoms with Crippen LogP contribution in [0, 0.1) is 0 Å². The molecule has 3 rings (SSSR count). The molecular weight excluding hydrogens is 322 g/mol. The molecule has 0 radical (unpaired) electrons. The quantitative estimate of drug-likeness (QED) is 0.873. The minimum Gasteiger partial charge on any atom is -0.349 e. The Hall–Kier alpha value is -1.89. The Bertz CT molecular complexity index is 687. The number of hydrogen-bond donors (Lipinski definition) is 1.